The molecule has 0 bridgehead atoms. The van der Waals surface area contributed by atoms with Crippen LogP contribution < -0.4 is 10.6 Å². The number of nitrogens with zero attached hydrogens (tertiary/aromatic N) is 2. The Labute approximate surface area is 117 Å². The van der Waals surface area contributed by atoms with Gasteiger partial charge in [0.25, 0.3) is 0 Å². The van der Waals surface area contributed by atoms with E-state index in [0.717, 1.165) is 12.8 Å². The SMILES string of the molecule is Cc1cc(CN(C)C(=O)NC2CCCCNC2=O)no1. The van der Waals surface area contributed by atoms with Crippen molar-refractivity contribution in [3.63, 3.8) is 0 Å². The van der Waals surface area contributed by atoms with Crippen LogP contribution in [0.5, 0.6) is 0 Å². The van der Waals surface area contributed by atoms with Crippen molar-refractivity contribution in [2.24, 2.45) is 0 Å². The molecule has 0 spiro atoms. The van der Waals surface area contributed by atoms with E-state index >= 15 is 0 Å². The Morgan fingerprint density at radius 1 is 1.60 bits per heavy atom. The monoisotopic (exact) mass is 280 g/mol. The summed E-state index contributed by atoms with van der Waals surface area (Å²) in [4.78, 5) is 25.3. The normalized spacial score (nSPS) is 19.1. The second kappa shape index (κ2) is 6.40. The number of hydrogen-bond donors (Lipinski definition) is 2. The number of amides is 3. The van der Waals surface area contributed by atoms with Gasteiger partial charge in [0.1, 0.15) is 17.5 Å². The van der Waals surface area contributed by atoms with Gasteiger partial charge in [-0.3, -0.25) is 4.79 Å². The van der Waals surface area contributed by atoms with E-state index < -0.39 is 6.04 Å². The van der Waals surface area contributed by atoms with Crippen molar-refractivity contribution in [1.82, 2.24) is 20.7 Å². The van der Waals surface area contributed by atoms with Gasteiger partial charge in [0.15, 0.2) is 0 Å². The summed E-state index contributed by atoms with van der Waals surface area (Å²) in [5.74, 6) is 0.596. The molecule has 0 radical (unpaired) electrons. The summed E-state index contributed by atoms with van der Waals surface area (Å²) in [5, 5.41) is 9.38. The second-order valence-corrected chi connectivity index (χ2v) is 5.07. The summed E-state index contributed by atoms with van der Waals surface area (Å²) >= 11 is 0. The molecule has 1 saturated heterocycles. The molecule has 0 aromatic carbocycles. The van der Waals surface area contributed by atoms with E-state index in [1.165, 1.54) is 4.90 Å². The van der Waals surface area contributed by atoms with Crippen molar-refractivity contribution < 1.29 is 14.1 Å². The Hall–Kier alpha value is -2.05. The van der Waals surface area contributed by atoms with Crippen LogP contribution >= 0.6 is 0 Å². The molecular weight excluding hydrogens is 260 g/mol. The number of aryl methyl sites for hydroxylation is 1. The van der Waals surface area contributed by atoms with Gasteiger partial charge in [-0.05, 0) is 26.2 Å². The zero-order chi connectivity index (χ0) is 14.5. The molecule has 1 aliphatic heterocycles. The smallest absolute Gasteiger partial charge is 0.318 e. The van der Waals surface area contributed by atoms with Gasteiger partial charge in [-0.15, -0.1) is 0 Å². The Kier molecular flexibility index (Phi) is 4.60. The third kappa shape index (κ3) is 3.72. The van der Waals surface area contributed by atoms with Gasteiger partial charge in [-0.25, -0.2) is 4.79 Å². The molecule has 3 amide bonds. The minimum atomic E-state index is -0.452. The molecular formula is C13H20N4O3. The van der Waals surface area contributed by atoms with Crippen LogP contribution in [0.1, 0.15) is 30.7 Å². The van der Waals surface area contributed by atoms with Crippen molar-refractivity contribution in [1.29, 1.82) is 0 Å². The first-order valence-corrected chi connectivity index (χ1v) is 6.78. The minimum Gasteiger partial charge on any atom is -0.361 e. The van der Waals surface area contributed by atoms with Gasteiger partial charge >= 0.3 is 6.03 Å². The second-order valence-electron chi connectivity index (χ2n) is 5.07. The fraction of sp³-hybridized carbons (Fsp3) is 0.615. The lowest BCUT2D eigenvalue weighted by molar-refractivity contribution is -0.122. The highest BCUT2D eigenvalue weighted by Crippen LogP contribution is 2.07. The van der Waals surface area contributed by atoms with Crippen LogP contribution in [0.2, 0.25) is 0 Å². The summed E-state index contributed by atoms with van der Waals surface area (Å²) < 4.78 is 4.96. The van der Waals surface area contributed by atoms with E-state index in [1.54, 1.807) is 20.0 Å². The molecule has 1 aromatic rings. The zero-order valence-corrected chi connectivity index (χ0v) is 11.8. The number of rotatable bonds is 3. The summed E-state index contributed by atoms with van der Waals surface area (Å²) in [6.45, 7) is 2.82. The Balaban J connectivity index is 1.88. The van der Waals surface area contributed by atoms with Crippen molar-refractivity contribution in [3.8, 4) is 0 Å². The van der Waals surface area contributed by atoms with Gasteiger partial charge in [-0.2, -0.15) is 0 Å². The molecule has 7 heteroatoms. The van der Waals surface area contributed by atoms with Crippen LogP contribution in [0.15, 0.2) is 10.6 Å². The Morgan fingerprint density at radius 2 is 2.40 bits per heavy atom. The standard InChI is InChI=1S/C13H20N4O3/c1-9-7-10(16-20-9)8-17(2)13(19)15-11-5-3-4-6-14-12(11)18/h7,11H,3-6,8H2,1-2H3,(H,14,18)(H,15,19). The number of carbonyl (C=O) groups excluding carboxylic acids is 2. The fourth-order valence-corrected chi connectivity index (χ4v) is 2.14. The summed E-state index contributed by atoms with van der Waals surface area (Å²) in [6.07, 6.45) is 2.55. The molecule has 7 nitrogen and oxygen atoms in total. The highest BCUT2D eigenvalue weighted by atomic mass is 16.5. The molecule has 2 heterocycles. The lowest BCUT2D eigenvalue weighted by Gasteiger charge is -2.21. The maximum absolute atomic E-state index is 12.1. The molecule has 1 aliphatic rings. The fourth-order valence-electron chi connectivity index (χ4n) is 2.14. The average Bonchev–Trinajstić information content (AvgIpc) is 2.70. The first-order valence-electron chi connectivity index (χ1n) is 6.78. The van der Waals surface area contributed by atoms with Gasteiger partial charge in [0.05, 0.1) is 6.54 Å². The average molecular weight is 280 g/mol. The third-order valence-electron chi connectivity index (χ3n) is 3.26. The number of hydrogen-bond acceptors (Lipinski definition) is 4. The Morgan fingerprint density at radius 3 is 3.10 bits per heavy atom. The highest BCUT2D eigenvalue weighted by Gasteiger charge is 2.23. The van der Waals surface area contributed by atoms with Gasteiger partial charge in [-0.1, -0.05) is 5.16 Å². The number of aromatic nitrogens is 1. The number of carbonyl (C=O) groups is 2. The number of urea groups is 1. The van der Waals surface area contributed by atoms with Crippen LogP contribution in [-0.4, -0.2) is 41.6 Å². The van der Waals surface area contributed by atoms with E-state index in [4.69, 9.17) is 4.52 Å². The first-order chi connectivity index (χ1) is 9.56. The molecule has 1 unspecified atom stereocenters. The van der Waals surface area contributed by atoms with Gasteiger partial charge in [0, 0.05) is 19.7 Å². The van der Waals surface area contributed by atoms with E-state index in [1.807, 2.05) is 0 Å². The third-order valence-corrected chi connectivity index (χ3v) is 3.26. The van der Waals surface area contributed by atoms with E-state index in [0.29, 0.717) is 31.0 Å². The molecule has 1 atom stereocenters. The van der Waals surface area contributed by atoms with E-state index in [2.05, 4.69) is 15.8 Å². The van der Waals surface area contributed by atoms with Crippen LogP contribution in [0.25, 0.3) is 0 Å². The number of nitrogens with one attached hydrogen (secondary N) is 2. The predicted octanol–water partition coefficient (Wildman–Crippen LogP) is 0.793. The highest BCUT2D eigenvalue weighted by molar-refractivity contribution is 5.87. The zero-order valence-electron chi connectivity index (χ0n) is 11.8. The maximum Gasteiger partial charge on any atom is 0.318 e. The van der Waals surface area contributed by atoms with Gasteiger partial charge in [0.2, 0.25) is 5.91 Å². The first kappa shape index (κ1) is 14.4. The van der Waals surface area contributed by atoms with E-state index in [-0.39, 0.29) is 11.9 Å². The predicted molar refractivity (Wildman–Crippen MR) is 71.9 cm³/mol. The molecule has 1 aromatic heterocycles. The van der Waals surface area contributed by atoms with Gasteiger partial charge < -0.3 is 20.1 Å². The van der Waals surface area contributed by atoms with Crippen molar-refractivity contribution in [3.05, 3.63) is 17.5 Å². The summed E-state index contributed by atoms with van der Waals surface area (Å²) in [6, 6.07) is 1.04. The maximum atomic E-state index is 12.1. The van der Waals surface area contributed by atoms with Crippen LogP contribution in [0, 0.1) is 6.92 Å². The van der Waals surface area contributed by atoms with Crippen molar-refractivity contribution >= 4 is 11.9 Å². The largest absolute Gasteiger partial charge is 0.361 e. The lowest BCUT2D eigenvalue weighted by atomic mass is 10.1. The summed E-state index contributed by atoms with van der Waals surface area (Å²) in [5.41, 5.74) is 0.686. The molecule has 1 fully saturated rings. The molecule has 0 saturated carbocycles. The summed E-state index contributed by atoms with van der Waals surface area (Å²) in [7, 11) is 1.66. The van der Waals surface area contributed by atoms with Crippen LogP contribution in [0.3, 0.4) is 0 Å². The minimum absolute atomic E-state index is 0.110. The molecule has 2 N–H and O–H groups in total. The van der Waals surface area contributed by atoms with Crippen LogP contribution in [-0.2, 0) is 11.3 Å². The van der Waals surface area contributed by atoms with Crippen LogP contribution in [0.4, 0.5) is 4.79 Å². The molecule has 110 valence electrons. The van der Waals surface area contributed by atoms with Crippen molar-refractivity contribution in [2.75, 3.05) is 13.6 Å². The molecule has 20 heavy (non-hydrogen) atoms. The van der Waals surface area contributed by atoms with E-state index in [9.17, 15) is 9.59 Å². The Bertz CT molecular complexity index is 486. The quantitative estimate of drug-likeness (QED) is 0.857. The van der Waals surface area contributed by atoms with Crippen molar-refractivity contribution in [2.45, 2.75) is 38.8 Å². The molecule has 2 rings (SSSR count). The molecule has 0 aliphatic carbocycles. The topological polar surface area (TPSA) is 87.5 Å². The lowest BCUT2D eigenvalue weighted by Crippen LogP contribution is -2.49.